The van der Waals surface area contributed by atoms with Gasteiger partial charge >= 0.3 is 0 Å². The fraction of sp³-hybridized carbons (Fsp3) is 0.385. The summed E-state index contributed by atoms with van der Waals surface area (Å²) in [6, 6.07) is 9.11. The second-order valence-electron chi connectivity index (χ2n) is 4.34. The number of carbonyl (C=O) groups is 2. The summed E-state index contributed by atoms with van der Waals surface area (Å²) in [7, 11) is 0. The zero-order valence-corrected chi connectivity index (χ0v) is 9.63. The van der Waals surface area contributed by atoms with Crippen molar-refractivity contribution in [2.24, 2.45) is 5.73 Å². The molecule has 0 aliphatic carbocycles. The highest BCUT2D eigenvalue weighted by atomic mass is 16.2. The van der Waals surface area contributed by atoms with Crippen LogP contribution in [0.1, 0.15) is 12.0 Å². The predicted molar refractivity (Wildman–Crippen MR) is 64.3 cm³/mol. The van der Waals surface area contributed by atoms with Crippen molar-refractivity contribution in [3.8, 4) is 0 Å². The van der Waals surface area contributed by atoms with E-state index in [9.17, 15) is 9.59 Å². The normalized spacial score (nSPS) is 17.2. The molecule has 1 heterocycles. The summed E-state index contributed by atoms with van der Waals surface area (Å²) in [5.74, 6) is -0.00929. The number of ketones is 1. The minimum atomic E-state index is -0.553. The minimum Gasteiger partial charge on any atom is -0.334 e. The second kappa shape index (κ2) is 5.10. The third kappa shape index (κ3) is 2.91. The number of likely N-dealkylation sites (tertiary alicyclic amines) is 1. The van der Waals surface area contributed by atoms with Gasteiger partial charge in [-0.05, 0) is 12.0 Å². The summed E-state index contributed by atoms with van der Waals surface area (Å²) in [4.78, 5) is 24.6. The molecule has 0 radical (unpaired) electrons. The van der Waals surface area contributed by atoms with Crippen LogP contribution in [-0.2, 0) is 16.0 Å². The highest BCUT2D eigenvalue weighted by Crippen LogP contribution is 2.09. The van der Waals surface area contributed by atoms with E-state index < -0.39 is 6.04 Å². The lowest BCUT2D eigenvalue weighted by Crippen LogP contribution is -2.43. The highest BCUT2D eigenvalue weighted by molar-refractivity contribution is 5.91. The van der Waals surface area contributed by atoms with Gasteiger partial charge in [-0.1, -0.05) is 30.3 Å². The number of nitrogens with zero attached hydrogens (tertiary/aromatic N) is 1. The quantitative estimate of drug-likeness (QED) is 0.818. The van der Waals surface area contributed by atoms with Crippen molar-refractivity contribution in [1.82, 2.24) is 4.90 Å². The van der Waals surface area contributed by atoms with Gasteiger partial charge in [0.2, 0.25) is 5.91 Å². The van der Waals surface area contributed by atoms with Gasteiger partial charge in [0.05, 0.1) is 12.6 Å². The number of hydrogen-bond acceptors (Lipinski definition) is 3. The van der Waals surface area contributed by atoms with Gasteiger partial charge in [-0.25, -0.2) is 0 Å². The molecule has 1 aromatic rings. The molecule has 4 heteroatoms. The fourth-order valence-electron chi connectivity index (χ4n) is 2.01. The summed E-state index contributed by atoms with van der Waals surface area (Å²) in [5.41, 5.74) is 6.91. The van der Waals surface area contributed by atoms with Crippen molar-refractivity contribution in [3.63, 3.8) is 0 Å². The largest absolute Gasteiger partial charge is 0.334 e. The van der Waals surface area contributed by atoms with Crippen molar-refractivity contribution >= 4 is 11.7 Å². The predicted octanol–water partition coefficient (Wildman–Crippen LogP) is 0.358. The number of carbonyl (C=O) groups excluding carboxylic acids is 2. The van der Waals surface area contributed by atoms with Gasteiger partial charge in [0.15, 0.2) is 5.78 Å². The maximum Gasteiger partial charge on any atom is 0.240 e. The van der Waals surface area contributed by atoms with Crippen molar-refractivity contribution in [1.29, 1.82) is 0 Å². The molecule has 2 N–H and O–H groups in total. The maximum atomic E-state index is 11.9. The van der Waals surface area contributed by atoms with Crippen LogP contribution in [0.25, 0.3) is 0 Å². The Kier molecular flexibility index (Phi) is 3.54. The summed E-state index contributed by atoms with van der Waals surface area (Å²) in [6.07, 6.45) is 0.980. The fourth-order valence-corrected chi connectivity index (χ4v) is 2.01. The van der Waals surface area contributed by atoms with E-state index in [1.165, 1.54) is 0 Å². The molecule has 1 amide bonds. The van der Waals surface area contributed by atoms with Crippen molar-refractivity contribution in [2.75, 3.05) is 13.1 Å². The van der Waals surface area contributed by atoms with Gasteiger partial charge in [-0.15, -0.1) is 0 Å². The van der Waals surface area contributed by atoms with Crippen LogP contribution in [0.4, 0.5) is 0 Å². The molecule has 0 spiro atoms. The average Bonchev–Trinajstić information content (AvgIpc) is 2.76. The van der Waals surface area contributed by atoms with Crippen LogP contribution in [0.2, 0.25) is 0 Å². The first-order chi connectivity index (χ1) is 8.16. The highest BCUT2D eigenvalue weighted by Gasteiger charge is 2.27. The number of rotatable bonds is 3. The monoisotopic (exact) mass is 232 g/mol. The van der Waals surface area contributed by atoms with E-state index in [0.29, 0.717) is 19.4 Å². The Morgan fingerprint density at radius 1 is 1.35 bits per heavy atom. The lowest BCUT2D eigenvalue weighted by Gasteiger charge is -2.19. The molecule has 17 heavy (non-hydrogen) atoms. The number of amides is 1. The van der Waals surface area contributed by atoms with Gasteiger partial charge < -0.3 is 10.6 Å². The smallest absolute Gasteiger partial charge is 0.240 e. The SMILES string of the molecule is NC(Cc1ccccc1)C(=O)N1CCC(=O)C1. The van der Waals surface area contributed by atoms with Crippen LogP contribution in [0.5, 0.6) is 0 Å². The van der Waals surface area contributed by atoms with E-state index in [2.05, 4.69) is 0 Å². The Morgan fingerprint density at radius 2 is 2.06 bits per heavy atom. The van der Waals surface area contributed by atoms with Crippen LogP contribution in [0, 0.1) is 0 Å². The Balaban J connectivity index is 1.94. The molecule has 1 atom stereocenters. The van der Waals surface area contributed by atoms with Crippen LogP contribution < -0.4 is 5.73 Å². The number of benzene rings is 1. The maximum absolute atomic E-state index is 11.9. The number of nitrogens with two attached hydrogens (primary N) is 1. The average molecular weight is 232 g/mol. The number of Topliss-reactive ketones (excluding diaryl/α,β-unsaturated/α-hetero) is 1. The van der Waals surface area contributed by atoms with Crippen LogP contribution in [0.3, 0.4) is 0 Å². The molecule has 1 fully saturated rings. The molecule has 1 aromatic carbocycles. The Morgan fingerprint density at radius 3 is 2.65 bits per heavy atom. The molecule has 0 bridgehead atoms. The van der Waals surface area contributed by atoms with E-state index in [-0.39, 0.29) is 18.2 Å². The second-order valence-corrected chi connectivity index (χ2v) is 4.34. The van der Waals surface area contributed by atoms with Crippen LogP contribution >= 0.6 is 0 Å². The first kappa shape index (κ1) is 11.8. The van der Waals surface area contributed by atoms with Gasteiger partial charge in [0.25, 0.3) is 0 Å². The van der Waals surface area contributed by atoms with Crippen molar-refractivity contribution in [2.45, 2.75) is 18.9 Å². The Hall–Kier alpha value is -1.68. The first-order valence-corrected chi connectivity index (χ1v) is 5.77. The van der Waals surface area contributed by atoms with Gasteiger partial charge in [0.1, 0.15) is 0 Å². The molecular weight excluding hydrogens is 216 g/mol. The van der Waals surface area contributed by atoms with Crippen molar-refractivity contribution in [3.05, 3.63) is 35.9 Å². The summed E-state index contributed by atoms with van der Waals surface area (Å²) >= 11 is 0. The number of hydrogen-bond donors (Lipinski definition) is 1. The molecule has 90 valence electrons. The Labute approximate surface area is 100 Å². The van der Waals surface area contributed by atoms with E-state index in [1.54, 1.807) is 4.90 Å². The minimum absolute atomic E-state index is 0.116. The van der Waals surface area contributed by atoms with Crippen LogP contribution in [0.15, 0.2) is 30.3 Å². The molecule has 0 aromatic heterocycles. The molecule has 0 saturated carbocycles. The van der Waals surface area contributed by atoms with Gasteiger partial charge in [-0.2, -0.15) is 0 Å². The molecular formula is C13H16N2O2. The third-order valence-electron chi connectivity index (χ3n) is 2.96. The van der Waals surface area contributed by atoms with E-state index in [0.717, 1.165) is 5.56 Å². The molecule has 4 nitrogen and oxygen atoms in total. The summed E-state index contributed by atoms with van der Waals surface area (Å²) < 4.78 is 0. The zero-order valence-electron chi connectivity index (χ0n) is 9.63. The zero-order chi connectivity index (χ0) is 12.3. The first-order valence-electron chi connectivity index (χ1n) is 5.77. The Bertz CT molecular complexity index is 417. The molecule has 1 aliphatic heterocycles. The molecule has 1 saturated heterocycles. The lowest BCUT2D eigenvalue weighted by molar-refractivity contribution is -0.132. The van der Waals surface area contributed by atoms with E-state index in [4.69, 9.17) is 5.73 Å². The van der Waals surface area contributed by atoms with Gasteiger partial charge in [0, 0.05) is 13.0 Å². The molecule has 2 rings (SSSR count). The topological polar surface area (TPSA) is 63.4 Å². The van der Waals surface area contributed by atoms with Crippen molar-refractivity contribution < 1.29 is 9.59 Å². The standard InChI is InChI=1S/C13H16N2O2/c14-12(8-10-4-2-1-3-5-10)13(17)15-7-6-11(16)9-15/h1-5,12H,6-9,14H2. The van der Waals surface area contributed by atoms with E-state index in [1.807, 2.05) is 30.3 Å². The van der Waals surface area contributed by atoms with E-state index >= 15 is 0 Å². The lowest BCUT2D eigenvalue weighted by atomic mass is 10.1. The third-order valence-corrected chi connectivity index (χ3v) is 2.96. The molecule has 1 unspecified atom stereocenters. The van der Waals surface area contributed by atoms with Gasteiger partial charge in [-0.3, -0.25) is 9.59 Å². The summed E-state index contributed by atoms with van der Waals surface area (Å²) in [5, 5.41) is 0. The summed E-state index contributed by atoms with van der Waals surface area (Å²) in [6.45, 7) is 0.738. The molecule has 1 aliphatic rings. The van der Waals surface area contributed by atoms with Crippen LogP contribution in [-0.4, -0.2) is 35.7 Å².